The van der Waals surface area contributed by atoms with Gasteiger partial charge in [0.2, 0.25) is 0 Å². The van der Waals surface area contributed by atoms with E-state index in [2.05, 4.69) is 326 Å². The Morgan fingerprint density at radius 3 is 0.855 bits per heavy atom. The molecular weight excluding hydrogens is 999 g/mol. The van der Waals surface area contributed by atoms with Crippen molar-refractivity contribution in [3.05, 3.63) is 322 Å². The molecule has 1 aromatic heterocycles. The predicted molar refractivity (Wildman–Crippen MR) is 354 cm³/mol. The molecule has 0 unspecified atom stereocenters. The van der Waals surface area contributed by atoms with E-state index in [1.807, 2.05) is 0 Å². The second-order valence-corrected chi connectivity index (χ2v) is 21.9. The smallest absolute Gasteiger partial charge is 0.0541 e. The molecule has 0 saturated carbocycles. The van der Waals surface area contributed by atoms with Crippen LogP contribution in [0.4, 0.5) is 0 Å². The van der Waals surface area contributed by atoms with E-state index in [1.54, 1.807) is 0 Å². The summed E-state index contributed by atoms with van der Waals surface area (Å²) in [6.07, 6.45) is 0. The largest absolute Gasteiger partial charge is 0.309 e. The molecule has 83 heavy (non-hydrogen) atoms. The number of aromatic nitrogens is 1. The zero-order chi connectivity index (χ0) is 54.8. The minimum absolute atomic E-state index is 1.10. The van der Waals surface area contributed by atoms with Crippen molar-refractivity contribution in [2.75, 3.05) is 0 Å². The molecule has 0 aliphatic carbocycles. The van der Waals surface area contributed by atoms with Crippen LogP contribution in [-0.2, 0) is 0 Å². The minimum Gasteiger partial charge on any atom is -0.309 e. The van der Waals surface area contributed by atoms with E-state index < -0.39 is 0 Å². The van der Waals surface area contributed by atoms with Crippen molar-refractivity contribution < 1.29 is 0 Å². The number of fused-ring (bicyclic) bond motifs is 7. The summed E-state index contributed by atoms with van der Waals surface area (Å²) >= 11 is 0. The fraction of sp³-hybridized carbons (Fsp3) is 0. The summed E-state index contributed by atoms with van der Waals surface area (Å²) in [5, 5.41) is 12.2. The molecule has 0 N–H and O–H groups in total. The SMILES string of the molecule is c1ccc(-c2cc(-c3cccc4ccccc34)ccc2-c2ccc3c(c2)c2cc(-c4ccc(-c5cccc6ccccc56)cc4-c4ccccc4)ccc2n3-c2cc(-c3cccc4ccccc34)cc(-c3cccc4ccccc34)c2)cc1. The van der Waals surface area contributed by atoms with Crippen molar-refractivity contribution in [2.24, 2.45) is 0 Å². The van der Waals surface area contributed by atoms with Crippen LogP contribution in [0.3, 0.4) is 0 Å². The second-order valence-electron chi connectivity index (χ2n) is 21.9. The number of nitrogens with zero attached hydrogens (tertiary/aromatic N) is 1. The monoisotopic (exact) mass is 1050 g/mol. The molecule has 1 heteroatoms. The summed E-state index contributed by atoms with van der Waals surface area (Å²) < 4.78 is 2.52. The van der Waals surface area contributed by atoms with Crippen molar-refractivity contribution in [2.45, 2.75) is 0 Å². The van der Waals surface area contributed by atoms with Crippen LogP contribution >= 0.6 is 0 Å². The molecule has 15 aromatic carbocycles. The summed E-state index contributed by atoms with van der Waals surface area (Å²) in [5.74, 6) is 0. The van der Waals surface area contributed by atoms with Gasteiger partial charge in [-0.1, -0.05) is 267 Å². The third-order valence-electron chi connectivity index (χ3n) is 17.2. The van der Waals surface area contributed by atoms with Crippen molar-refractivity contribution >= 4 is 64.9 Å². The van der Waals surface area contributed by atoms with Crippen molar-refractivity contribution in [1.82, 2.24) is 4.57 Å². The maximum absolute atomic E-state index is 2.52. The molecule has 0 radical (unpaired) electrons. The Morgan fingerprint density at radius 1 is 0.157 bits per heavy atom. The number of hydrogen-bond acceptors (Lipinski definition) is 0. The minimum atomic E-state index is 1.10. The lowest BCUT2D eigenvalue weighted by molar-refractivity contribution is 1.18. The number of benzene rings is 15. The van der Waals surface area contributed by atoms with Gasteiger partial charge in [0.15, 0.2) is 0 Å². The molecule has 0 saturated heterocycles. The Hall–Kier alpha value is -10.9. The standard InChI is InChI=1S/C82H53N/c1-3-19-58(20-4-1)77-50-60(71-35-15-27-54-23-7-11-31-67(54)71)39-43-75(77)62-41-45-81-79(52-62)80-53-63(76-44-40-61(51-78(76)59-21-5-2-6-22-59)72-36-16-28-55-24-8-12-32-68(55)72)42-46-82(80)83(81)66-48-64(73-37-17-29-56-25-9-13-33-69(56)73)47-65(49-66)74-38-18-30-57-26-10-14-34-70(57)74/h1-53H. The van der Waals surface area contributed by atoms with Crippen LogP contribution in [0.25, 0.3) is 160 Å². The van der Waals surface area contributed by atoms with Gasteiger partial charge in [-0.3, -0.25) is 0 Å². The Morgan fingerprint density at radius 2 is 0.470 bits per heavy atom. The highest BCUT2D eigenvalue weighted by Gasteiger charge is 2.21. The molecule has 16 rings (SSSR count). The fourth-order valence-electron chi connectivity index (χ4n) is 13.2. The van der Waals surface area contributed by atoms with Gasteiger partial charge in [-0.2, -0.15) is 0 Å². The van der Waals surface area contributed by atoms with Crippen LogP contribution in [0.2, 0.25) is 0 Å². The quantitative estimate of drug-likeness (QED) is 0.136. The molecule has 0 amide bonds. The Labute approximate surface area is 482 Å². The third-order valence-corrected chi connectivity index (χ3v) is 17.2. The maximum Gasteiger partial charge on any atom is 0.0541 e. The Kier molecular flexibility index (Phi) is 11.6. The molecule has 0 aliphatic rings. The molecule has 0 spiro atoms. The van der Waals surface area contributed by atoms with Gasteiger partial charge in [0.05, 0.1) is 11.0 Å². The molecule has 0 aliphatic heterocycles. The molecule has 1 heterocycles. The van der Waals surface area contributed by atoms with Gasteiger partial charge in [-0.15, -0.1) is 0 Å². The van der Waals surface area contributed by atoms with E-state index in [-0.39, 0.29) is 0 Å². The van der Waals surface area contributed by atoms with Gasteiger partial charge >= 0.3 is 0 Å². The van der Waals surface area contributed by atoms with Gasteiger partial charge in [0.25, 0.3) is 0 Å². The first-order valence-electron chi connectivity index (χ1n) is 28.7. The summed E-state index contributed by atoms with van der Waals surface area (Å²) in [6.45, 7) is 0. The lowest BCUT2D eigenvalue weighted by Crippen LogP contribution is -1.97. The highest BCUT2D eigenvalue weighted by Crippen LogP contribution is 2.45. The first-order chi connectivity index (χ1) is 41.1. The summed E-state index contributed by atoms with van der Waals surface area (Å²) in [4.78, 5) is 0. The summed E-state index contributed by atoms with van der Waals surface area (Å²) in [5.41, 5.74) is 22.4. The fourth-order valence-corrected chi connectivity index (χ4v) is 13.2. The van der Waals surface area contributed by atoms with Gasteiger partial charge in [0, 0.05) is 16.5 Å². The van der Waals surface area contributed by atoms with Crippen LogP contribution < -0.4 is 0 Å². The number of hydrogen-bond donors (Lipinski definition) is 0. The molecule has 386 valence electrons. The lowest BCUT2D eigenvalue weighted by Gasteiger charge is -2.17. The average molecular weight is 1050 g/mol. The summed E-state index contributed by atoms with van der Waals surface area (Å²) in [7, 11) is 0. The first kappa shape index (κ1) is 48.1. The maximum atomic E-state index is 2.52. The molecular formula is C82H53N. The molecule has 0 bridgehead atoms. The van der Waals surface area contributed by atoms with E-state index in [1.165, 1.54) is 132 Å². The van der Waals surface area contributed by atoms with E-state index in [0.29, 0.717) is 0 Å². The van der Waals surface area contributed by atoms with Crippen LogP contribution in [0.15, 0.2) is 322 Å². The van der Waals surface area contributed by atoms with Crippen molar-refractivity contribution in [1.29, 1.82) is 0 Å². The first-order valence-corrected chi connectivity index (χ1v) is 28.7. The van der Waals surface area contributed by atoms with E-state index in [9.17, 15) is 0 Å². The van der Waals surface area contributed by atoms with Gasteiger partial charge in [-0.25, -0.2) is 0 Å². The molecule has 0 fully saturated rings. The van der Waals surface area contributed by atoms with Crippen LogP contribution in [-0.4, -0.2) is 4.57 Å². The lowest BCUT2D eigenvalue weighted by atomic mass is 9.89. The zero-order valence-corrected chi connectivity index (χ0v) is 45.5. The molecule has 16 aromatic rings. The van der Waals surface area contributed by atoms with E-state index in [4.69, 9.17) is 0 Å². The zero-order valence-electron chi connectivity index (χ0n) is 45.5. The Balaban J connectivity index is 0.955. The van der Waals surface area contributed by atoms with Gasteiger partial charge in [-0.05, 0) is 187 Å². The number of rotatable bonds is 9. The van der Waals surface area contributed by atoms with E-state index in [0.717, 1.165) is 27.8 Å². The normalized spacial score (nSPS) is 11.6. The topological polar surface area (TPSA) is 4.93 Å². The predicted octanol–water partition coefficient (Wildman–Crippen LogP) is 22.7. The second kappa shape index (κ2) is 20.0. The van der Waals surface area contributed by atoms with Crippen molar-refractivity contribution in [3.8, 4) is 94.7 Å². The van der Waals surface area contributed by atoms with Crippen LogP contribution in [0.5, 0.6) is 0 Å². The van der Waals surface area contributed by atoms with Gasteiger partial charge in [0.1, 0.15) is 0 Å². The highest BCUT2D eigenvalue weighted by atomic mass is 15.0. The average Bonchev–Trinajstić information content (AvgIpc) is 3.53. The van der Waals surface area contributed by atoms with Crippen LogP contribution in [0.1, 0.15) is 0 Å². The van der Waals surface area contributed by atoms with E-state index >= 15 is 0 Å². The van der Waals surface area contributed by atoms with Crippen LogP contribution in [0, 0.1) is 0 Å². The highest BCUT2D eigenvalue weighted by molar-refractivity contribution is 6.13. The van der Waals surface area contributed by atoms with Gasteiger partial charge < -0.3 is 4.57 Å². The summed E-state index contributed by atoms with van der Waals surface area (Å²) in [6, 6.07) is 119. The third kappa shape index (κ3) is 8.41. The Bertz CT molecular complexity index is 4860. The molecule has 1 nitrogen and oxygen atoms in total. The van der Waals surface area contributed by atoms with Crippen molar-refractivity contribution in [3.63, 3.8) is 0 Å². The molecule has 0 atom stereocenters.